The Bertz CT molecular complexity index is 971. The zero-order valence-electron chi connectivity index (χ0n) is 17.1. The summed E-state index contributed by atoms with van der Waals surface area (Å²) in [6, 6.07) is 8.95. The second-order valence-corrected chi connectivity index (χ2v) is 8.15. The number of piperidine rings is 1. The normalized spacial score (nSPS) is 21.1. The van der Waals surface area contributed by atoms with Crippen molar-refractivity contribution in [2.45, 2.75) is 32.2 Å². The Hall–Kier alpha value is -3.36. The summed E-state index contributed by atoms with van der Waals surface area (Å²) in [6.07, 6.45) is 2.79. The molecule has 3 heterocycles. The van der Waals surface area contributed by atoms with E-state index >= 15 is 0 Å². The minimum Gasteiger partial charge on any atom is -0.489 e. The maximum Gasteiger partial charge on any atom is 0.322 e. The Balaban J connectivity index is 1.63. The van der Waals surface area contributed by atoms with Crippen molar-refractivity contribution in [3.63, 3.8) is 0 Å². The first kappa shape index (κ1) is 19.9. The molecule has 0 aliphatic carbocycles. The largest absolute Gasteiger partial charge is 0.489 e. The van der Waals surface area contributed by atoms with Crippen LogP contribution in [0.2, 0.25) is 0 Å². The summed E-state index contributed by atoms with van der Waals surface area (Å²) in [7, 11) is 0. The molecule has 2 fully saturated rings. The molecule has 9 nitrogen and oxygen atoms in total. The van der Waals surface area contributed by atoms with Crippen LogP contribution in [0, 0.1) is 5.92 Å². The highest BCUT2D eigenvalue weighted by Crippen LogP contribution is 2.28. The minimum atomic E-state index is -1.08. The van der Waals surface area contributed by atoms with Gasteiger partial charge in [0.1, 0.15) is 5.54 Å². The van der Waals surface area contributed by atoms with E-state index in [-0.39, 0.29) is 24.1 Å². The SMILES string of the molecule is CC(C)COc1cn(-c2ccccc2)nc1C(=O)N1CCCC2(C1)NC(=O)NC2=O. The highest BCUT2D eigenvalue weighted by Gasteiger charge is 2.49. The van der Waals surface area contributed by atoms with E-state index < -0.39 is 17.5 Å². The highest BCUT2D eigenvalue weighted by molar-refractivity contribution is 6.07. The van der Waals surface area contributed by atoms with Crippen LogP contribution in [0.15, 0.2) is 36.5 Å². The van der Waals surface area contributed by atoms with Gasteiger partial charge in [-0.25, -0.2) is 9.48 Å². The molecule has 2 aliphatic heterocycles. The summed E-state index contributed by atoms with van der Waals surface area (Å²) in [5.74, 6) is -0.0340. The van der Waals surface area contributed by atoms with Crippen molar-refractivity contribution >= 4 is 17.8 Å². The molecule has 0 bridgehead atoms. The molecule has 1 aromatic heterocycles. The molecule has 1 atom stereocenters. The molecule has 1 unspecified atom stereocenters. The average Bonchev–Trinajstić information content (AvgIpc) is 3.27. The molecule has 9 heteroatoms. The number of para-hydroxylation sites is 1. The second kappa shape index (κ2) is 7.81. The number of amides is 4. The van der Waals surface area contributed by atoms with Crippen molar-refractivity contribution in [3.05, 3.63) is 42.2 Å². The van der Waals surface area contributed by atoms with Gasteiger partial charge in [-0.05, 0) is 30.9 Å². The van der Waals surface area contributed by atoms with Crippen molar-refractivity contribution in [1.82, 2.24) is 25.3 Å². The molecule has 2 N–H and O–H groups in total. The fraction of sp³-hybridized carbons (Fsp3) is 0.429. The molecule has 2 aromatic rings. The summed E-state index contributed by atoms with van der Waals surface area (Å²) in [5, 5.41) is 9.46. The van der Waals surface area contributed by atoms with Gasteiger partial charge in [-0.3, -0.25) is 14.9 Å². The predicted molar refractivity (Wildman–Crippen MR) is 108 cm³/mol. The standard InChI is InChI=1S/C21H25N5O4/c1-14(2)12-30-16-11-26(15-7-4-3-5-8-15)24-17(16)18(27)25-10-6-9-21(13-25)19(28)22-20(29)23-21/h3-5,7-8,11,14H,6,9-10,12-13H2,1-2H3,(H2,22,23,28,29). The highest BCUT2D eigenvalue weighted by atomic mass is 16.5. The smallest absolute Gasteiger partial charge is 0.322 e. The van der Waals surface area contributed by atoms with E-state index in [1.165, 1.54) is 0 Å². The van der Waals surface area contributed by atoms with E-state index in [1.807, 2.05) is 44.2 Å². The van der Waals surface area contributed by atoms with E-state index in [4.69, 9.17) is 4.74 Å². The zero-order chi connectivity index (χ0) is 21.3. The zero-order valence-corrected chi connectivity index (χ0v) is 17.1. The van der Waals surface area contributed by atoms with Crippen LogP contribution in [-0.2, 0) is 4.79 Å². The Kier molecular flexibility index (Phi) is 5.19. The van der Waals surface area contributed by atoms with Gasteiger partial charge < -0.3 is 15.0 Å². The van der Waals surface area contributed by atoms with Gasteiger partial charge in [-0.15, -0.1) is 0 Å². The number of carbonyl (C=O) groups excluding carboxylic acids is 3. The third-order valence-corrected chi connectivity index (χ3v) is 5.27. The van der Waals surface area contributed by atoms with Gasteiger partial charge in [0.25, 0.3) is 11.8 Å². The molecule has 4 amide bonds. The van der Waals surface area contributed by atoms with Crippen molar-refractivity contribution < 1.29 is 19.1 Å². The van der Waals surface area contributed by atoms with E-state index in [2.05, 4.69) is 15.7 Å². The molecular formula is C21H25N5O4. The third-order valence-electron chi connectivity index (χ3n) is 5.27. The molecule has 158 valence electrons. The average molecular weight is 411 g/mol. The number of benzene rings is 1. The number of aromatic nitrogens is 2. The third kappa shape index (κ3) is 3.74. The maximum absolute atomic E-state index is 13.4. The molecule has 1 spiro atoms. The quantitative estimate of drug-likeness (QED) is 0.729. The second-order valence-electron chi connectivity index (χ2n) is 8.15. The Morgan fingerprint density at radius 3 is 2.70 bits per heavy atom. The van der Waals surface area contributed by atoms with E-state index in [9.17, 15) is 14.4 Å². The molecule has 2 saturated heterocycles. The van der Waals surface area contributed by atoms with Gasteiger partial charge in [0.15, 0.2) is 11.4 Å². The monoisotopic (exact) mass is 411 g/mol. The fourth-order valence-corrected chi connectivity index (χ4v) is 3.78. The number of nitrogens with one attached hydrogen (secondary N) is 2. The topological polar surface area (TPSA) is 106 Å². The lowest BCUT2D eigenvalue weighted by Gasteiger charge is -2.37. The fourth-order valence-electron chi connectivity index (χ4n) is 3.78. The number of nitrogens with zero attached hydrogens (tertiary/aromatic N) is 3. The molecule has 1 aromatic carbocycles. The Labute approximate surface area is 174 Å². The van der Waals surface area contributed by atoms with Crippen LogP contribution in [0.3, 0.4) is 0 Å². The molecule has 30 heavy (non-hydrogen) atoms. The number of hydrogen-bond donors (Lipinski definition) is 2. The molecular weight excluding hydrogens is 386 g/mol. The summed E-state index contributed by atoms with van der Waals surface area (Å²) in [6.45, 7) is 5.08. The minimum absolute atomic E-state index is 0.102. The van der Waals surface area contributed by atoms with Crippen LogP contribution in [0.1, 0.15) is 37.2 Å². The number of likely N-dealkylation sites (tertiary alicyclic amines) is 1. The Morgan fingerprint density at radius 1 is 1.27 bits per heavy atom. The van der Waals surface area contributed by atoms with Gasteiger partial charge in [0, 0.05) is 6.54 Å². The van der Waals surface area contributed by atoms with Gasteiger partial charge >= 0.3 is 6.03 Å². The lowest BCUT2D eigenvalue weighted by Crippen LogP contribution is -2.59. The number of hydrogen-bond acceptors (Lipinski definition) is 5. The van der Waals surface area contributed by atoms with E-state index in [1.54, 1.807) is 15.8 Å². The summed E-state index contributed by atoms with van der Waals surface area (Å²) in [5.41, 5.74) is -0.0730. The van der Waals surface area contributed by atoms with Crippen LogP contribution in [0.5, 0.6) is 5.75 Å². The van der Waals surface area contributed by atoms with Gasteiger partial charge in [-0.2, -0.15) is 5.10 Å². The Morgan fingerprint density at radius 2 is 2.03 bits per heavy atom. The lowest BCUT2D eigenvalue weighted by atomic mass is 9.89. The number of urea groups is 1. The van der Waals surface area contributed by atoms with E-state index in [0.717, 1.165) is 5.69 Å². The molecule has 2 aliphatic rings. The van der Waals surface area contributed by atoms with Crippen molar-refractivity contribution in [3.8, 4) is 11.4 Å². The predicted octanol–water partition coefficient (Wildman–Crippen LogP) is 1.72. The number of carbonyl (C=O) groups is 3. The van der Waals surface area contributed by atoms with Crippen LogP contribution in [-0.4, -0.2) is 57.8 Å². The van der Waals surface area contributed by atoms with Crippen molar-refractivity contribution in [2.75, 3.05) is 19.7 Å². The summed E-state index contributed by atoms with van der Waals surface area (Å²) >= 11 is 0. The van der Waals surface area contributed by atoms with Crippen LogP contribution in [0.25, 0.3) is 5.69 Å². The first-order valence-corrected chi connectivity index (χ1v) is 10.1. The number of rotatable bonds is 5. The van der Waals surface area contributed by atoms with Crippen LogP contribution < -0.4 is 15.4 Å². The molecule has 0 saturated carbocycles. The van der Waals surface area contributed by atoms with Crippen LogP contribution in [0.4, 0.5) is 4.79 Å². The van der Waals surface area contributed by atoms with Gasteiger partial charge in [0.2, 0.25) is 0 Å². The summed E-state index contributed by atoms with van der Waals surface area (Å²) in [4.78, 5) is 38.9. The van der Waals surface area contributed by atoms with Crippen molar-refractivity contribution in [2.24, 2.45) is 5.92 Å². The number of ether oxygens (including phenoxy) is 1. The molecule has 4 rings (SSSR count). The lowest BCUT2D eigenvalue weighted by molar-refractivity contribution is -0.125. The first-order valence-electron chi connectivity index (χ1n) is 10.1. The van der Waals surface area contributed by atoms with Crippen LogP contribution >= 0.6 is 0 Å². The van der Waals surface area contributed by atoms with Gasteiger partial charge in [0.05, 0.1) is 25.0 Å². The maximum atomic E-state index is 13.4. The number of imide groups is 1. The summed E-state index contributed by atoms with van der Waals surface area (Å²) < 4.78 is 7.51. The van der Waals surface area contributed by atoms with E-state index in [0.29, 0.717) is 31.7 Å². The molecule has 0 radical (unpaired) electrons. The van der Waals surface area contributed by atoms with Crippen molar-refractivity contribution in [1.29, 1.82) is 0 Å². The first-order chi connectivity index (χ1) is 14.4. The van der Waals surface area contributed by atoms with Gasteiger partial charge in [-0.1, -0.05) is 32.0 Å².